The first kappa shape index (κ1) is 17.9. The van der Waals surface area contributed by atoms with Gasteiger partial charge < -0.3 is 5.11 Å². The van der Waals surface area contributed by atoms with Crippen molar-refractivity contribution in [2.45, 2.75) is 83.7 Å². The van der Waals surface area contributed by atoms with E-state index >= 15 is 8.78 Å². The monoisotopic (exact) mass is 354 g/mol. The van der Waals surface area contributed by atoms with Gasteiger partial charge in [-0.3, -0.25) is 4.79 Å². The van der Waals surface area contributed by atoms with E-state index < -0.39 is 17.4 Å². The summed E-state index contributed by atoms with van der Waals surface area (Å²) in [5.41, 5.74) is -1.01. The Balaban J connectivity index is 1.64. The smallest absolute Gasteiger partial charge is 0.251 e. The van der Waals surface area contributed by atoms with Crippen LogP contribution in [0.1, 0.15) is 72.1 Å². The highest BCUT2D eigenvalue weighted by atomic mass is 19.3. The first-order chi connectivity index (χ1) is 11.6. The zero-order valence-electron chi connectivity index (χ0n) is 15.7. The van der Waals surface area contributed by atoms with Crippen LogP contribution in [0.25, 0.3) is 0 Å². The summed E-state index contributed by atoms with van der Waals surface area (Å²) in [4.78, 5) is 12.1. The molecule has 0 heterocycles. The number of carbonyl (C=O) groups is 1. The maximum Gasteiger partial charge on any atom is 0.251 e. The molecule has 0 aromatic heterocycles. The van der Waals surface area contributed by atoms with Gasteiger partial charge in [0, 0.05) is 18.3 Å². The maximum atomic E-state index is 15.1. The summed E-state index contributed by atoms with van der Waals surface area (Å²) in [6, 6.07) is 0. The van der Waals surface area contributed by atoms with Crippen LogP contribution in [0.3, 0.4) is 0 Å². The minimum atomic E-state index is -2.68. The Bertz CT molecular complexity index is 572. The second-order valence-corrected chi connectivity index (χ2v) is 10.2. The fraction of sp³-hybridized carbons (Fsp3) is 0.952. The Labute approximate surface area is 149 Å². The minimum Gasteiger partial charge on any atom is -0.390 e. The van der Waals surface area contributed by atoms with Crippen LogP contribution in [0, 0.1) is 40.9 Å². The van der Waals surface area contributed by atoms with Gasteiger partial charge in [-0.25, -0.2) is 8.78 Å². The van der Waals surface area contributed by atoms with Gasteiger partial charge in [-0.1, -0.05) is 6.92 Å². The maximum absolute atomic E-state index is 15.1. The molecule has 4 heteroatoms. The molecule has 0 bridgehead atoms. The number of hydrogen-bond donors (Lipinski definition) is 1. The summed E-state index contributed by atoms with van der Waals surface area (Å²) in [6.45, 7) is 5.60. The van der Waals surface area contributed by atoms with Crippen LogP contribution in [0.15, 0.2) is 0 Å². The molecular weight excluding hydrogens is 322 g/mol. The van der Waals surface area contributed by atoms with Gasteiger partial charge in [0.2, 0.25) is 0 Å². The van der Waals surface area contributed by atoms with Crippen molar-refractivity contribution in [3.05, 3.63) is 0 Å². The number of rotatable bonds is 1. The standard InChI is InChI=1S/C21H32F2O2/c1-12(24)16-4-5-17-15-10-21(22,23)18-11-19(2,25)8-6-14(18)13(15)7-9-20(16,17)3/h13-18,25H,4-11H2,1-3H3/t13-,14?,15-,16-,17+,18?,19-,20-/m1/s1. The second-order valence-electron chi connectivity index (χ2n) is 10.2. The van der Waals surface area contributed by atoms with E-state index in [9.17, 15) is 9.90 Å². The van der Waals surface area contributed by atoms with Crippen LogP contribution in [-0.4, -0.2) is 22.4 Å². The molecule has 0 amide bonds. The lowest BCUT2D eigenvalue weighted by molar-refractivity contribution is -0.210. The van der Waals surface area contributed by atoms with Crippen molar-refractivity contribution >= 4 is 5.78 Å². The molecule has 0 aromatic carbocycles. The largest absolute Gasteiger partial charge is 0.390 e. The van der Waals surface area contributed by atoms with Crippen LogP contribution in [0.4, 0.5) is 8.78 Å². The molecule has 142 valence electrons. The van der Waals surface area contributed by atoms with Gasteiger partial charge in [0.1, 0.15) is 5.78 Å². The van der Waals surface area contributed by atoms with E-state index in [2.05, 4.69) is 6.92 Å². The lowest BCUT2D eigenvalue weighted by atomic mass is 9.48. The Kier molecular flexibility index (Phi) is 3.93. The first-order valence-electron chi connectivity index (χ1n) is 10.2. The van der Waals surface area contributed by atoms with Gasteiger partial charge in [0.05, 0.1) is 5.60 Å². The Morgan fingerprint density at radius 3 is 2.28 bits per heavy atom. The van der Waals surface area contributed by atoms with Crippen LogP contribution < -0.4 is 0 Å². The summed E-state index contributed by atoms with van der Waals surface area (Å²) in [7, 11) is 0. The van der Waals surface area contributed by atoms with Crippen molar-refractivity contribution in [1.82, 2.24) is 0 Å². The SMILES string of the molecule is CC(=O)[C@H]1CC[C@H]2[C@@H]3CC(F)(F)C4C[C@](C)(O)CCC4[C@H]3CC[C@]12C. The molecule has 8 atom stereocenters. The van der Waals surface area contributed by atoms with Crippen molar-refractivity contribution in [2.24, 2.45) is 40.9 Å². The predicted molar refractivity (Wildman–Crippen MR) is 92.2 cm³/mol. The van der Waals surface area contributed by atoms with Crippen molar-refractivity contribution in [1.29, 1.82) is 0 Å². The predicted octanol–water partition coefficient (Wildman–Crippen LogP) is 4.84. The first-order valence-corrected chi connectivity index (χ1v) is 10.2. The van der Waals surface area contributed by atoms with Crippen LogP contribution in [-0.2, 0) is 4.79 Å². The van der Waals surface area contributed by atoms with Gasteiger partial charge >= 0.3 is 0 Å². The summed E-state index contributed by atoms with van der Waals surface area (Å²) >= 11 is 0. The van der Waals surface area contributed by atoms with E-state index in [1.54, 1.807) is 13.8 Å². The average molecular weight is 354 g/mol. The third-order valence-corrected chi connectivity index (χ3v) is 8.78. The fourth-order valence-electron chi connectivity index (χ4n) is 7.66. The summed E-state index contributed by atoms with van der Waals surface area (Å²) in [5, 5.41) is 10.4. The molecule has 4 rings (SSSR count). The highest BCUT2D eigenvalue weighted by Crippen LogP contribution is 2.66. The highest BCUT2D eigenvalue weighted by Gasteiger charge is 2.64. The van der Waals surface area contributed by atoms with Gasteiger partial charge in [0.25, 0.3) is 5.92 Å². The number of halogens is 2. The van der Waals surface area contributed by atoms with Crippen LogP contribution in [0.2, 0.25) is 0 Å². The molecule has 0 saturated heterocycles. The molecule has 25 heavy (non-hydrogen) atoms. The summed E-state index contributed by atoms with van der Waals surface area (Å²) in [5.74, 6) is -2.28. The number of hydrogen-bond acceptors (Lipinski definition) is 2. The molecule has 0 spiro atoms. The zero-order valence-corrected chi connectivity index (χ0v) is 15.7. The van der Waals surface area contributed by atoms with E-state index in [0.717, 1.165) is 32.1 Å². The van der Waals surface area contributed by atoms with Gasteiger partial charge in [-0.05, 0) is 87.9 Å². The van der Waals surface area contributed by atoms with E-state index in [1.807, 2.05) is 0 Å². The molecule has 2 nitrogen and oxygen atoms in total. The lowest BCUT2D eigenvalue weighted by Gasteiger charge is -2.58. The Morgan fingerprint density at radius 2 is 1.60 bits per heavy atom. The average Bonchev–Trinajstić information content (AvgIpc) is 2.84. The lowest BCUT2D eigenvalue weighted by Crippen LogP contribution is -2.57. The van der Waals surface area contributed by atoms with E-state index in [0.29, 0.717) is 12.3 Å². The number of aliphatic hydroxyl groups is 1. The number of fused-ring (bicyclic) bond motifs is 5. The van der Waals surface area contributed by atoms with Crippen molar-refractivity contribution in [3.8, 4) is 0 Å². The molecule has 0 radical (unpaired) electrons. The van der Waals surface area contributed by atoms with Crippen molar-refractivity contribution in [2.75, 3.05) is 0 Å². The molecule has 4 aliphatic rings. The molecule has 4 fully saturated rings. The molecular formula is C21H32F2O2. The van der Waals surface area contributed by atoms with E-state index in [1.165, 1.54) is 0 Å². The molecule has 4 saturated carbocycles. The zero-order chi connectivity index (χ0) is 18.2. The molecule has 1 N–H and O–H groups in total. The topological polar surface area (TPSA) is 37.3 Å². The normalized spacial score (nSPS) is 54.3. The highest BCUT2D eigenvalue weighted by molar-refractivity contribution is 5.79. The number of alkyl halides is 2. The van der Waals surface area contributed by atoms with Gasteiger partial charge in [-0.15, -0.1) is 0 Å². The van der Waals surface area contributed by atoms with Crippen LogP contribution in [0.5, 0.6) is 0 Å². The molecule has 0 aliphatic heterocycles. The second kappa shape index (κ2) is 5.50. The number of ketones is 1. The summed E-state index contributed by atoms with van der Waals surface area (Å²) in [6.07, 6.45) is 5.40. The molecule has 4 aliphatic carbocycles. The Hall–Kier alpha value is -0.510. The molecule has 2 unspecified atom stereocenters. The summed E-state index contributed by atoms with van der Waals surface area (Å²) < 4.78 is 30.2. The Morgan fingerprint density at radius 1 is 0.920 bits per heavy atom. The quantitative estimate of drug-likeness (QED) is 0.731. The fourth-order valence-corrected chi connectivity index (χ4v) is 7.66. The number of Topliss-reactive ketones (excluding diaryl/α,β-unsaturated/α-hetero) is 1. The minimum absolute atomic E-state index is 0.0280. The van der Waals surface area contributed by atoms with Crippen molar-refractivity contribution in [3.63, 3.8) is 0 Å². The van der Waals surface area contributed by atoms with Crippen molar-refractivity contribution < 1.29 is 18.7 Å². The van der Waals surface area contributed by atoms with Crippen LogP contribution >= 0.6 is 0 Å². The van der Waals surface area contributed by atoms with Gasteiger partial charge in [-0.2, -0.15) is 0 Å². The third kappa shape index (κ3) is 2.61. The van der Waals surface area contributed by atoms with E-state index in [4.69, 9.17) is 0 Å². The molecule has 0 aromatic rings. The van der Waals surface area contributed by atoms with E-state index in [-0.39, 0.29) is 47.7 Å². The number of carbonyl (C=O) groups excluding carboxylic acids is 1. The third-order valence-electron chi connectivity index (χ3n) is 8.78. The van der Waals surface area contributed by atoms with Gasteiger partial charge in [0.15, 0.2) is 0 Å².